The van der Waals surface area contributed by atoms with Crippen LogP contribution >= 0.6 is 22.9 Å². The Morgan fingerprint density at radius 2 is 1.11 bits per heavy atom. The van der Waals surface area contributed by atoms with E-state index in [0.29, 0.717) is 11.6 Å². The zero-order valence-electron chi connectivity index (χ0n) is 19.0. The fourth-order valence-corrected chi connectivity index (χ4v) is 6.07. The molecule has 0 spiro atoms. The zero-order valence-corrected chi connectivity index (χ0v) is 20.6. The molecule has 7 rings (SSSR count). The number of aromatic nitrogens is 3. The van der Waals surface area contributed by atoms with Crippen LogP contribution in [0.3, 0.4) is 0 Å². The Morgan fingerprint density at radius 3 is 1.94 bits per heavy atom. The Labute approximate surface area is 216 Å². The normalized spacial score (nSPS) is 11.5. The van der Waals surface area contributed by atoms with Gasteiger partial charge in [0.2, 0.25) is 5.28 Å². The molecule has 5 heteroatoms. The van der Waals surface area contributed by atoms with E-state index in [-0.39, 0.29) is 5.28 Å². The van der Waals surface area contributed by atoms with Gasteiger partial charge in [-0.3, -0.25) is 0 Å². The van der Waals surface area contributed by atoms with Gasteiger partial charge in [0.25, 0.3) is 0 Å². The highest BCUT2D eigenvalue weighted by molar-refractivity contribution is 7.25. The number of rotatable bonds is 3. The molecule has 170 valence electrons. The van der Waals surface area contributed by atoms with Crippen LogP contribution in [-0.4, -0.2) is 15.0 Å². The summed E-state index contributed by atoms with van der Waals surface area (Å²) >= 11 is 8.25. The number of halogens is 1. The van der Waals surface area contributed by atoms with E-state index in [1.807, 2.05) is 12.1 Å². The van der Waals surface area contributed by atoms with Crippen molar-refractivity contribution in [2.75, 3.05) is 0 Å². The first-order chi connectivity index (χ1) is 17.7. The SMILES string of the molecule is Clc1nc(-c2ccc3sc4ccccc4c3c2)nc(-c2ccc(-c3ccccc3)c3ccccc23)n1. The summed E-state index contributed by atoms with van der Waals surface area (Å²) in [5, 5.41) is 4.84. The third kappa shape index (κ3) is 3.54. The maximum absolute atomic E-state index is 6.46. The van der Waals surface area contributed by atoms with Gasteiger partial charge in [-0.15, -0.1) is 11.3 Å². The predicted molar refractivity (Wildman–Crippen MR) is 152 cm³/mol. The number of fused-ring (bicyclic) bond motifs is 4. The molecule has 36 heavy (non-hydrogen) atoms. The lowest BCUT2D eigenvalue weighted by molar-refractivity contribution is 1.07. The van der Waals surface area contributed by atoms with Crippen LogP contribution in [0.2, 0.25) is 5.28 Å². The molecule has 0 bridgehead atoms. The molecule has 0 saturated heterocycles. The molecular formula is C31H18ClN3S. The van der Waals surface area contributed by atoms with Gasteiger partial charge in [0.05, 0.1) is 0 Å². The Hall–Kier alpha value is -4.12. The number of nitrogens with zero attached hydrogens (tertiary/aromatic N) is 3. The van der Waals surface area contributed by atoms with Crippen molar-refractivity contribution in [3.63, 3.8) is 0 Å². The highest BCUT2D eigenvalue weighted by Gasteiger charge is 2.15. The molecule has 0 N–H and O–H groups in total. The zero-order chi connectivity index (χ0) is 24.1. The van der Waals surface area contributed by atoms with Crippen LogP contribution in [-0.2, 0) is 0 Å². The molecule has 5 aromatic carbocycles. The Kier molecular flexibility index (Phi) is 5.01. The van der Waals surface area contributed by atoms with Crippen LogP contribution in [0.1, 0.15) is 0 Å². The van der Waals surface area contributed by atoms with Gasteiger partial charge in [0.1, 0.15) is 0 Å². The van der Waals surface area contributed by atoms with Crippen molar-refractivity contribution in [3.8, 4) is 33.9 Å². The Balaban J connectivity index is 1.40. The molecule has 7 aromatic rings. The Bertz CT molecular complexity index is 1910. The first kappa shape index (κ1) is 21.2. The van der Waals surface area contributed by atoms with Crippen molar-refractivity contribution in [2.45, 2.75) is 0 Å². The summed E-state index contributed by atoms with van der Waals surface area (Å²) in [5.74, 6) is 1.13. The predicted octanol–water partition coefficient (Wildman–Crippen LogP) is 9.05. The Morgan fingerprint density at radius 1 is 0.472 bits per heavy atom. The molecule has 0 saturated carbocycles. The molecule has 0 aliphatic heterocycles. The first-order valence-electron chi connectivity index (χ1n) is 11.7. The molecule has 2 aromatic heterocycles. The van der Waals surface area contributed by atoms with E-state index >= 15 is 0 Å². The van der Waals surface area contributed by atoms with Gasteiger partial charge in [0.15, 0.2) is 11.6 Å². The third-order valence-electron chi connectivity index (χ3n) is 6.49. The van der Waals surface area contributed by atoms with Crippen LogP contribution in [0.25, 0.3) is 64.8 Å². The number of thiophene rings is 1. The summed E-state index contributed by atoms with van der Waals surface area (Å²) in [7, 11) is 0. The lowest BCUT2D eigenvalue weighted by atomic mass is 9.95. The van der Waals surface area contributed by atoms with Gasteiger partial charge in [-0.05, 0) is 63.8 Å². The van der Waals surface area contributed by atoms with E-state index in [1.165, 1.54) is 31.3 Å². The minimum absolute atomic E-state index is 0.182. The maximum atomic E-state index is 6.46. The maximum Gasteiger partial charge on any atom is 0.226 e. The second-order valence-electron chi connectivity index (χ2n) is 8.63. The van der Waals surface area contributed by atoms with Crippen molar-refractivity contribution in [1.29, 1.82) is 0 Å². The molecule has 3 nitrogen and oxygen atoms in total. The van der Waals surface area contributed by atoms with Crippen LogP contribution in [0.15, 0.2) is 109 Å². The number of hydrogen-bond donors (Lipinski definition) is 0. The van der Waals surface area contributed by atoms with Gasteiger partial charge in [-0.25, -0.2) is 4.98 Å². The first-order valence-corrected chi connectivity index (χ1v) is 12.8. The number of hydrogen-bond acceptors (Lipinski definition) is 4. The lowest BCUT2D eigenvalue weighted by Crippen LogP contribution is -1.98. The lowest BCUT2D eigenvalue weighted by Gasteiger charge is -2.12. The van der Waals surface area contributed by atoms with E-state index in [9.17, 15) is 0 Å². The minimum Gasteiger partial charge on any atom is -0.208 e. The highest BCUT2D eigenvalue weighted by atomic mass is 35.5. The van der Waals surface area contributed by atoms with Crippen LogP contribution in [0.4, 0.5) is 0 Å². The fourth-order valence-electron chi connectivity index (χ4n) is 4.83. The summed E-state index contributed by atoms with van der Waals surface area (Å²) in [4.78, 5) is 13.9. The van der Waals surface area contributed by atoms with E-state index in [0.717, 1.165) is 21.9 Å². The fraction of sp³-hybridized carbons (Fsp3) is 0. The molecule has 0 fully saturated rings. The minimum atomic E-state index is 0.182. The highest BCUT2D eigenvalue weighted by Crippen LogP contribution is 2.37. The van der Waals surface area contributed by atoms with E-state index < -0.39 is 0 Å². The molecular weight excluding hydrogens is 482 g/mol. The van der Waals surface area contributed by atoms with Crippen molar-refractivity contribution >= 4 is 53.9 Å². The largest absolute Gasteiger partial charge is 0.226 e. The van der Waals surface area contributed by atoms with E-state index in [1.54, 1.807) is 11.3 Å². The van der Waals surface area contributed by atoms with Crippen molar-refractivity contribution in [2.24, 2.45) is 0 Å². The summed E-state index contributed by atoms with van der Waals surface area (Å²) in [6.07, 6.45) is 0. The third-order valence-corrected chi connectivity index (χ3v) is 7.81. The molecule has 0 unspecified atom stereocenters. The smallest absolute Gasteiger partial charge is 0.208 e. The van der Waals surface area contributed by atoms with Gasteiger partial charge in [-0.1, -0.05) is 78.9 Å². The van der Waals surface area contributed by atoms with Gasteiger partial charge >= 0.3 is 0 Å². The average molecular weight is 500 g/mol. The van der Waals surface area contributed by atoms with Crippen LogP contribution < -0.4 is 0 Å². The van der Waals surface area contributed by atoms with Crippen LogP contribution in [0, 0.1) is 0 Å². The quantitative estimate of drug-likeness (QED) is 0.243. The van der Waals surface area contributed by atoms with Gasteiger partial charge in [0, 0.05) is 31.3 Å². The summed E-state index contributed by atoms with van der Waals surface area (Å²) < 4.78 is 2.51. The van der Waals surface area contributed by atoms with Crippen molar-refractivity contribution < 1.29 is 0 Å². The second kappa shape index (κ2) is 8.52. The molecule has 2 heterocycles. The monoisotopic (exact) mass is 499 g/mol. The van der Waals surface area contributed by atoms with Crippen molar-refractivity contribution in [1.82, 2.24) is 15.0 Å². The van der Waals surface area contributed by atoms with Gasteiger partial charge < -0.3 is 0 Å². The molecule has 0 aliphatic carbocycles. The molecule has 0 amide bonds. The summed E-state index contributed by atoms with van der Waals surface area (Å²) in [6.45, 7) is 0. The summed E-state index contributed by atoms with van der Waals surface area (Å²) in [5.41, 5.74) is 4.19. The standard InChI is InChI=1S/C31H18ClN3S/c32-31-34-29(20-14-17-28-26(18-20)24-12-6-7-13-27(24)36-28)33-30(35-31)25-16-15-21(19-8-2-1-3-9-19)22-10-4-5-11-23(22)25/h1-18H. The molecule has 0 aliphatic rings. The number of benzene rings is 5. The average Bonchev–Trinajstić information content (AvgIpc) is 3.30. The molecule has 0 atom stereocenters. The van der Waals surface area contributed by atoms with Gasteiger partial charge in [-0.2, -0.15) is 9.97 Å². The van der Waals surface area contributed by atoms with E-state index in [4.69, 9.17) is 16.6 Å². The second-order valence-corrected chi connectivity index (χ2v) is 10.1. The van der Waals surface area contributed by atoms with Crippen LogP contribution in [0.5, 0.6) is 0 Å². The van der Waals surface area contributed by atoms with Crippen molar-refractivity contribution in [3.05, 3.63) is 114 Å². The summed E-state index contributed by atoms with van der Waals surface area (Å²) in [6, 6.07) is 37.8. The van der Waals surface area contributed by atoms with E-state index in [2.05, 4.69) is 107 Å². The molecule has 0 radical (unpaired) electrons. The topological polar surface area (TPSA) is 38.7 Å².